The molecule has 9 aliphatic rings. The first kappa shape index (κ1) is 57.5. The van der Waals surface area contributed by atoms with Crippen molar-refractivity contribution >= 4 is 0 Å². The van der Waals surface area contributed by atoms with Gasteiger partial charge in [-0.25, -0.2) is 0 Å². The van der Waals surface area contributed by atoms with Crippen LogP contribution in [0.4, 0.5) is 0 Å². The van der Waals surface area contributed by atoms with Crippen LogP contribution in [-0.2, 0) is 42.6 Å². The number of hydrogen-bond donors (Lipinski definition) is 14. The van der Waals surface area contributed by atoms with E-state index in [1.807, 2.05) is 6.92 Å². The molecule has 1 unspecified atom stereocenters. The number of fused-ring (bicyclic) bond motifs is 7. The molecular formula is C51H84O23. The van der Waals surface area contributed by atoms with E-state index in [0.717, 1.165) is 32.1 Å². The lowest BCUT2D eigenvalue weighted by atomic mass is 9.47. The van der Waals surface area contributed by atoms with Gasteiger partial charge in [0, 0.05) is 12.3 Å². The molecule has 0 aromatic carbocycles. The maximum Gasteiger partial charge on any atom is 0.187 e. The molecule has 31 atom stereocenters. The number of aliphatic hydroxyl groups excluding tert-OH is 13. The molecule has 8 fully saturated rings. The largest absolute Gasteiger partial charge is 0.394 e. The van der Waals surface area contributed by atoms with Crippen LogP contribution in [0.2, 0.25) is 0 Å². The molecule has 3 saturated carbocycles. The Hall–Kier alpha value is -1.18. The van der Waals surface area contributed by atoms with E-state index in [-0.39, 0.29) is 41.3 Å². The Bertz CT molecular complexity index is 1920. The highest BCUT2D eigenvalue weighted by atomic mass is 16.8. The summed E-state index contributed by atoms with van der Waals surface area (Å²) in [5.74, 6) is -0.351. The van der Waals surface area contributed by atoms with Crippen molar-refractivity contribution in [2.45, 2.75) is 233 Å². The van der Waals surface area contributed by atoms with Gasteiger partial charge in [0.2, 0.25) is 0 Å². The molecule has 0 aromatic rings. The van der Waals surface area contributed by atoms with Crippen molar-refractivity contribution in [3.63, 3.8) is 0 Å². The Labute approximate surface area is 430 Å². The van der Waals surface area contributed by atoms with Gasteiger partial charge in [-0.2, -0.15) is 0 Å². The molecule has 23 nitrogen and oxygen atoms in total. The maximum absolute atomic E-state index is 12.1. The molecule has 9 rings (SSSR count). The van der Waals surface area contributed by atoms with Crippen LogP contribution in [0.5, 0.6) is 0 Å². The van der Waals surface area contributed by atoms with Crippen LogP contribution < -0.4 is 0 Å². The first-order chi connectivity index (χ1) is 35.0. The van der Waals surface area contributed by atoms with Gasteiger partial charge < -0.3 is 114 Å². The predicted octanol–water partition coefficient (Wildman–Crippen LogP) is -3.01. The van der Waals surface area contributed by atoms with Crippen molar-refractivity contribution in [1.82, 2.24) is 0 Å². The molecule has 0 amide bonds. The lowest BCUT2D eigenvalue weighted by molar-refractivity contribution is -0.394. The van der Waals surface area contributed by atoms with Crippen LogP contribution in [0.25, 0.3) is 0 Å². The zero-order valence-corrected chi connectivity index (χ0v) is 42.9. The molecule has 74 heavy (non-hydrogen) atoms. The van der Waals surface area contributed by atoms with Crippen LogP contribution in [0, 0.1) is 46.3 Å². The van der Waals surface area contributed by atoms with Gasteiger partial charge >= 0.3 is 0 Å². The van der Waals surface area contributed by atoms with Crippen LogP contribution in [0.15, 0.2) is 11.6 Å². The Morgan fingerprint density at radius 1 is 0.635 bits per heavy atom. The highest BCUT2D eigenvalue weighted by Gasteiger charge is 2.68. The molecule has 0 spiro atoms. The van der Waals surface area contributed by atoms with Gasteiger partial charge in [0.15, 0.2) is 30.9 Å². The Balaban J connectivity index is 0.864. The molecular weight excluding hydrogens is 981 g/mol. The average Bonchev–Trinajstić information content (AvgIpc) is 3.82. The minimum Gasteiger partial charge on any atom is -0.394 e. The van der Waals surface area contributed by atoms with Gasteiger partial charge in [0.05, 0.1) is 44.7 Å². The van der Waals surface area contributed by atoms with Gasteiger partial charge in [0.25, 0.3) is 0 Å². The van der Waals surface area contributed by atoms with Crippen LogP contribution >= 0.6 is 0 Å². The summed E-state index contributed by atoms with van der Waals surface area (Å²) in [5, 5.41) is 149. The molecule has 5 aliphatic heterocycles. The fourth-order valence-electron chi connectivity index (χ4n) is 15.0. The third-order valence-corrected chi connectivity index (χ3v) is 19.5. The molecule has 23 heteroatoms. The van der Waals surface area contributed by atoms with Gasteiger partial charge in [-0.3, -0.25) is 0 Å². The molecule has 0 bridgehead atoms. The highest BCUT2D eigenvalue weighted by molar-refractivity contribution is 5.26. The average molecular weight is 1070 g/mol. The summed E-state index contributed by atoms with van der Waals surface area (Å²) in [5.41, 5.74) is 0.989. The second-order valence-electron chi connectivity index (χ2n) is 23.8. The van der Waals surface area contributed by atoms with Crippen molar-refractivity contribution in [1.29, 1.82) is 0 Å². The first-order valence-electron chi connectivity index (χ1n) is 26.9. The SMILES string of the molecule is C[C@H](CCC1(O)O[C@H]2C[C@H]3[C@@H]4CC=C5C[C@@H](O[C@@H]6O[C@H](CO)[C@H](O)[C@H](O[C@@H]7O[C@H](CO)[C@@H](O)[C@H](O)[C@H]7O)[C@H]6O[C@@H]6O[C@@H](C)[C@H](O)[C@@H](O)[C@H]6O)CC[C@]5(C)[C@H]4CC[C@]3(C)[C@H]2[C@@H]1C)CO[C@@H]1O[C@H](CO)[C@@H](O)[C@H](O)[C@H]1O. The summed E-state index contributed by atoms with van der Waals surface area (Å²) in [7, 11) is 0. The smallest absolute Gasteiger partial charge is 0.187 e. The van der Waals surface area contributed by atoms with E-state index in [0.29, 0.717) is 43.4 Å². The van der Waals surface area contributed by atoms with E-state index >= 15 is 0 Å². The Morgan fingerprint density at radius 3 is 1.85 bits per heavy atom. The fourth-order valence-corrected chi connectivity index (χ4v) is 15.0. The quantitative estimate of drug-likeness (QED) is 0.0727. The second kappa shape index (κ2) is 22.4. The molecule has 14 N–H and O–H groups in total. The van der Waals surface area contributed by atoms with Crippen LogP contribution in [0.3, 0.4) is 0 Å². The number of hydrogen-bond acceptors (Lipinski definition) is 23. The number of allylic oxidation sites excluding steroid dienone is 1. The van der Waals surface area contributed by atoms with Crippen LogP contribution in [0.1, 0.15) is 92.4 Å². The Morgan fingerprint density at radius 2 is 1.20 bits per heavy atom. The summed E-state index contributed by atoms with van der Waals surface area (Å²) in [4.78, 5) is 0. The summed E-state index contributed by atoms with van der Waals surface area (Å²) >= 11 is 0. The lowest BCUT2D eigenvalue weighted by Crippen LogP contribution is -2.67. The number of aliphatic hydroxyl groups is 14. The monoisotopic (exact) mass is 1060 g/mol. The topological polar surface area (TPSA) is 366 Å². The molecule has 4 aliphatic carbocycles. The summed E-state index contributed by atoms with van der Waals surface area (Å²) in [6.07, 6.45) is -22.5. The van der Waals surface area contributed by atoms with E-state index < -0.39 is 155 Å². The summed E-state index contributed by atoms with van der Waals surface area (Å²) in [6.45, 7) is 8.33. The van der Waals surface area contributed by atoms with E-state index in [1.54, 1.807) is 0 Å². The summed E-state index contributed by atoms with van der Waals surface area (Å²) < 4.78 is 54.7. The van der Waals surface area contributed by atoms with Gasteiger partial charge in [-0.15, -0.1) is 0 Å². The number of ether oxygens (including phenoxy) is 9. The number of rotatable bonds is 15. The minimum atomic E-state index is -1.88. The Kier molecular flexibility index (Phi) is 17.4. The van der Waals surface area contributed by atoms with Crippen molar-refractivity contribution < 1.29 is 114 Å². The van der Waals surface area contributed by atoms with Gasteiger partial charge in [0.1, 0.15) is 91.6 Å². The normalized spacial score (nSPS) is 54.9. The van der Waals surface area contributed by atoms with Crippen molar-refractivity contribution in [2.24, 2.45) is 46.3 Å². The van der Waals surface area contributed by atoms with Crippen molar-refractivity contribution in [3.05, 3.63) is 11.6 Å². The summed E-state index contributed by atoms with van der Waals surface area (Å²) in [6, 6.07) is 0. The van der Waals surface area contributed by atoms with E-state index in [9.17, 15) is 71.5 Å². The molecule has 0 radical (unpaired) electrons. The zero-order chi connectivity index (χ0) is 53.5. The maximum atomic E-state index is 12.1. The van der Waals surface area contributed by atoms with Gasteiger partial charge in [-0.1, -0.05) is 39.3 Å². The highest BCUT2D eigenvalue weighted by Crippen LogP contribution is 2.70. The van der Waals surface area contributed by atoms with E-state index in [4.69, 9.17) is 42.6 Å². The second-order valence-corrected chi connectivity index (χ2v) is 23.8. The van der Waals surface area contributed by atoms with Crippen molar-refractivity contribution in [3.8, 4) is 0 Å². The molecule has 5 saturated heterocycles. The first-order valence-corrected chi connectivity index (χ1v) is 26.9. The third kappa shape index (κ3) is 10.2. The third-order valence-electron chi connectivity index (χ3n) is 19.5. The predicted molar refractivity (Wildman–Crippen MR) is 250 cm³/mol. The fraction of sp³-hybridized carbons (Fsp3) is 0.961. The van der Waals surface area contributed by atoms with Crippen molar-refractivity contribution in [2.75, 3.05) is 26.4 Å². The standard InChI is InChI=1S/C51H84O23/c1-20(19-66-45-40(62)38(60)34(56)29(16-52)69-45)8-13-51(65)21(2)32-28(74-51)15-27-25-7-6-23-14-24(9-11-49(23,4)26(25)10-12-50(27,32)5)68-48-44(73-46-41(63)37(59)33(55)22(3)67-46)43(36(58)31(18-54)71-48)72-47-42(64)39(61)35(57)30(17-53)70-47/h6,20-22,24-48,52-65H,7-19H2,1-5H3/t20-,21+,22+,24+,25-,26+,27+,28+,29-,30-,31-,32+,33+,34-,35-,36+,37-,38+,39+,40-,41-,42-,43+,44-,45-,46+,47+,48-,49+,50+,51?/m1/s1. The molecule has 5 heterocycles. The van der Waals surface area contributed by atoms with Gasteiger partial charge in [-0.05, 0) is 98.7 Å². The van der Waals surface area contributed by atoms with E-state index in [1.165, 1.54) is 12.5 Å². The lowest BCUT2D eigenvalue weighted by Gasteiger charge is -2.58. The molecule has 426 valence electrons. The minimum absolute atomic E-state index is 0.0769. The zero-order valence-electron chi connectivity index (χ0n) is 42.9. The van der Waals surface area contributed by atoms with E-state index in [2.05, 4.69) is 26.8 Å². The molecule has 0 aromatic heterocycles. The van der Waals surface area contributed by atoms with Crippen LogP contribution in [-0.4, -0.2) is 239 Å².